The summed E-state index contributed by atoms with van der Waals surface area (Å²) < 4.78 is 4.75. The Morgan fingerprint density at radius 2 is 1.82 bits per heavy atom. The zero-order chi connectivity index (χ0) is 19.5. The van der Waals surface area contributed by atoms with Crippen molar-refractivity contribution in [3.05, 3.63) is 76.9 Å². The molecule has 0 aliphatic carbocycles. The third-order valence-corrected chi connectivity index (χ3v) is 6.52. The molecule has 0 bridgehead atoms. The van der Waals surface area contributed by atoms with E-state index in [0.29, 0.717) is 5.56 Å². The van der Waals surface area contributed by atoms with Crippen LogP contribution in [-0.4, -0.2) is 23.0 Å². The fourth-order valence-electron chi connectivity index (χ4n) is 3.09. The van der Waals surface area contributed by atoms with Crippen LogP contribution in [0.2, 0.25) is 0 Å². The van der Waals surface area contributed by atoms with Gasteiger partial charge in [-0.3, -0.25) is 0 Å². The largest absolute Gasteiger partial charge is 0.465 e. The Bertz CT molecular complexity index is 1120. The fourth-order valence-corrected chi connectivity index (χ4v) is 5.12. The van der Waals surface area contributed by atoms with Gasteiger partial charge in [0.25, 0.3) is 0 Å². The topological polar surface area (TPSA) is 52.1 Å². The van der Waals surface area contributed by atoms with Crippen LogP contribution in [0.1, 0.15) is 20.8 Å². The van der Waals surface area contributed by atoms with Gasteiger partial charge < -0.3 is 4.74 Å². The molecular formula is C22H18N2O2S2. The number of thiophene rings is 1. The van der Waals surface area contributed by atoms with Crippen LogP contribution in [0.3, 0.4) is 0 Å². The Morgan fingerprint density at radius 1 is 1.07 bits per heavy atom. The fraction of sp³-hybridized carbons (Fsp3) is 0.136. The van der Waals surface area contributed by atoms with Crippen LogP contribution < -0.4 is 0 Å². The summed E-state index contributed by atoms with van der Waals surface area (Å²) in [6, 6.07) is 17.9. The van der Waals surface area contributed by atoms with Crippen LogP contribution in [0.4, 0.5) is 0 Å². The van der Waals surface area contributed by atoms with Gasteiger partial charge in [-0.25, -0.2) is 14.8 Å². The molecule has 0 aliphatic heterocycles. The van der Waals surface area contributed by atoms with E-state index in [1.165, 1.54) is 23.1 Å². The second kappa shape index (κ2) is 8.12. The number of carbonyl (C=O) groups is 1. The van der Waals surface area contributed by atoms with Gasteiger partial charge in [-0.15, -0.1) is 23.1 Å². The van der Waals surface area contributed by atoms with Crippen molar-refractivity contribution < 1.29 is 9.53 Å². The molecule has 0 amide bonds. The lowest BCUT2D eigenvalue weighted by Crippen LogP contribution is -2.00. The molecule has 0 N–H and O–H groups in total. The van der Waals surface area contributed by atoms with E-state index in [9.17, 15) is 4.79 Å². The number of methoxy groups -OCH3 is 1. The first-order valence-corrected chi connectivity index (χ1v) is 10.6. The molecule has 2 aromatic carbocycles. The molecule has 0 spiro atoms. The predicted molar refractivity (Wildman–Crippen MR) is 115 cm³/mol. The number of benzene rings is 2. The average molecular weight is 407 g/mol. The van der Waals surface area contributed by atoms with Gasteiger partial charge in [0.1, 0.15) is 16.2 Å². The average Bonchev–Trinajstić information content (AvgIpc) is 3.09. The number of fused-ring (bicyclic) bond motifs is 1. The highest BCUT2D eigenvalue weighted by Crippen LogP contribution is 2.41. The molecule has 140 valence electrons. The SMILES string of the molecule is COC(=O)c1ccc(CSc2ncnc3sc(C)c(-c4ccccc4)c23)cc1. The van der Waals surface area contributed by atoms with E-state index in [4.69, 9.17) is 4.74 Å². The lowest BCUT2D eigenvalue weighted by Gasteiger charge is -2.07. The van der Waals surface area contributed by atoms with E-state index >= 15 is 0 Å². The van der Waals surface area contributed by atoms with Gasteiger partial charge in [-0.1, -0.05) is 42.5 Å². The van der Waals surface area contributed by atoms with Gasteiger partial charge in [0.15, 0.2) is 0 Å². The summed E-state index contributed by atoms with van der Waals surface area (Å²) in [6.07, 6.45) is 1.63. The quantitative estimate of drug-likeness (QED) is 0.240. The van der Waals surface area contributed by atoms with Crippen LogP contribution in [0, 0.1) is 6.92 Å². The molecule has 0 atom stereocenters. The van der Waals surface area contributed by atoms with Crippen LogP contribution in [0.5, 0.6) is 0 Å². The highest BCUT2D eigenvalue weighted by atomic mass is 32.2. The Labute approximate surface area is 171 Å². The summed E-state index contributed by atoms with van der Waals surface area (Å²) in [5.41, 5.74) is 4.08. The van der Waals surface area contributed by atoms with Crippen molar-refractivity contribution in [3.8, 4) is 11.1 Å². The molecule has 0 unspecified atom stereocenters. The van der Waals surface area contributed by atoms with Crippen LogP contribution in [0.25, 0.3) is 21.3 Å². The van der Waals surface area contributed by atoms with Crippen molar-refractivity contribution in [1.82, 2.24) is 9.97 Å². The van der Waals surface area contributed by atoms with E-state index in [1.807, 2.05) is 18.2 Å². The molecule has 4 nitrogen and oxygen atoms in total. The standard InChI is InChI=1S/C22H18N2O2S2/c1-14-18(16-6-4-3-5-7-16)19-20(23-13-24-21(19)28-14)27-12-15-8-10-17(11-9-15)22(25)26-2/h3-11,13H,12H2,1-2H3. The molecular weight excluding hydrogens is 388 g/mol. The van der Waals surface area contributed by atoms with Crippen molar-refractivity contribution in [3.63, 3.8) is 0 Å². The van der Waals surface area contributed by atoms with Crippen molar-refractivity contribution in [2.24, 2.45) is 0 Å². The summed E-state index contributed by atoms with van der Waals surface area (Å²) >= 11 is 3.39. The third-order valence-electron chi connectivity index (χ3n) is 4.44. The van der Waals surface area contributed by atoms with Crippen LogP contribution >= 0.6 is 23.1 Å². The maximum Gasteiger partial charge on any atom is 0.337 e. The highest BCUT2D eigenvalue weighted by molar-refractivity contribution is 7.98. The molecule has 2 heterocycles. The second-order valence-electron chi connectivity index (χ2n) is 6.24. The Hall–Kier alpha value is -2.70. The lowest BCUT2D eigenvalue weighted by molar-refractivity contribution is 0.0600. The Morgan fingerprint density at radius 3 is 2.54 bits per heavy atom. The Balaban J connectivity index is 1.65. The minimum Gasteiger partial charge on any atom is -0.465 e. The van der Waals surface area contributed by atoms with Crippen molar-refractivity contribution in [2.75, 3.05) is 7.11 Å². The van der Waals surface area contributed by atoms with Crippen molar-refractivity contribution in [1.29, 1.82) is 0 Å². The predicted octanol–water partition coefficient (Wildman–Crippen LogP) is 5.75. The first-order chi connectivity index (χ1) is 13.7. The number of aryl methyl sites for hydroxylation is 1. The molecule has 4 rings (SSSR count). The summed E-state index contributed by atoms with van der Waals surface area (Å²) in [5, 5.41) is 2.10. The van der Waals surface area contributed by atoms with Gasteiger partial charge in [0, 0.05) is 16.2 Å². The molecule has 2 aromatic heterocycles. The van der Waals surface area contributed by atoms with Gasteiger partial charge in [-0.05, 0) is 30.2 Å². The van der Waals surface area contributed by atoms with Gasteiger partial charge in [0.2, 0.25) is 0 Å². The molecule has 0 saturated heterocycles. The number of ether oxygens (including phenoxy) is 1. The summed E-state index contributed by atoms with van der Waals surface area (Å²) in [7, 11) is 1.39. The molecule has 0 saturated carbocycles. The minimum absolute atomic E-state index is 0.321. The van der Waals surface area contributed by atoms with Crippen molar-refractivity contribution >= 4 is 39.3 Å². The number of nitrogens with zero attached hydrogens (tertiary/aromatic N) is 2. The number of hydrogen-bond donors (Lipinski definition) is 0. The normalized spacial score (nSPS) is 10.9. The van der Waals surface area contributed by atoms with E-state index in [-0.39, 0.29) is 5.97 Å². The van der Waals surface area contributed by atoms with E-state index in [1.54, 1.807) is 41.6 Å². The lowest BCUT2D eigenvalue weighted by atomic mass is 10.0. The third kappa shape index (κ3) is 3.66. The second-order valence-corrected chi connectivity index (χ2v) is 8.40. The van der Waals surface area contributed by atoms with Crippen LogP contribution in [-0.2, 0) is 10.5 Å². The monoisotopic (exact) mass is 406 g/mol. The molecule has 0 radical (unpaired) electrons. The molecule has 4 aromatic rings. The zero-order valence-corrected chi connectivity index (χ0v) is 17.1. The first-order valence-electron chi connectivity index (χ1n) is 8.77. The number of aromatic nitrogens is 2. The number of hydrogen-bond acceptors (Lipinski definition) is 6. The van der Waals surface area contributed by atoms with E-state index in [2.05, 4.69) is 41.2 Å². The van der Waals surface area contributed by atoms with E-state index < -0.39 is 0 Å². The first kappa shape index (κ1) is 18.7. The number of esters is 1. The van der Waals surface area contributed by atoms with Gasteiger partial charge in [-0.2, -0.15) is 0 Å². The molecule has 28 heavy (non-hydrogen) atoms. The molecule has 6 heteroatoms. The molecule has 0 fully saturated rings. The summed E-state index contributed by atoms with van der Waals surface area (Å²) in [6.45, 7) is 2.13. The highest BCUT2D eigenvalue weighted by Gasteiger charge is 2.17. The van der Waals surface area contributed by atoms with Crippen molar-refractivity contribution in [2.45, 2.75) is 17.7 Å². The van der Waals surface area contributed by atoms with Crippen LogP contribution in [0.15, 0.2) is 66.0 Å². The smallest absolute Gasteiger partial charge is 0.337 e. The molecule has 0 aliphatic rings. The number of rotatable bonds is 5. The van der Waals surface area contributed by atoms with Gasteiger partial charge in [0.05, 0.1) is 18.1 Å². The zero-order valence-electron chi connectivity index (χ0n) is 15.5. The Kier molecular flexibility index (Phi) is 5.41. The summed E-state index contributed by atoms with van der Waals surface area (Å²) in [4.78, 5) is 22.9. The number of thioether (sulfide) groups is 1. The minimum atomic E-state index is -0.321. The maximum absolute atomic E-state index is 11.6. The number of carbonyl (C=O) groups excluding carboxylic acids is 1. The summed E-state index contributed by atoms with van der Waals surface area (Å²) in [5.74, 6) is 0.439. The van der Waals surface area contributed by atoms with E-state index in [0.717, 1.165) is 26.6 Å². The van der Waals surface area contributed by atoms with Gasteiger partial charge >= 0.3 is 5.97 Å². The maximum atomic E-state index is 11.6.